The molecule has 0 fully saturated rings. The molecule has 0 unspecified atom stereocenters. The van der Waals surface area contributed by atoms with E-state index in [1.54, 1.807) is 16.9 Å². The van der Waals surface area contributed by atoms with Gasteiger partial charge in [-0.2, -0.15) is 13.2 Å². The second-order valence-electron chi connectivity index (χ2n) is 4.34. The van der Waals surface area contributed by atoms with Crippen molar-refractivity contribution in [3.05, 3.63) is 11.6 Å². The predicted octanol–water partition coefficient (Wildman–Crippen LogP) is 1.30. The maximum absolute atomic E-state index is 11.9. The van der Waals surface area contributed by atoms with Gasteiger partial charge in [0.15, 0.2) is 5.82 Å². The highest BCUT2D eigenvalue weighted by Crippen LogP contribution is 2.12. The van der Waals surface area contributed by atoms with Crippen LogP contribution >= 0.6 is 0 Å². The molecule has 108 valence electrons. The van der Waals surface area contributed by atoms with Crippen molar-refractivity contribution in [2.45, 2.75) is 32.5 Å². The quantitative estimate of drug-likeness (QED) is 0.872. The number of amides is 2. The summed E-state index contributed by atoms with van der Waals surface area (Å²) in [4.78, 5) is 11.1. The van der Waals surface area contributed by atoms with E-state index >= 15 is 0 Å². The van der Waals surface area contributed by atoms with Gasteiger partial charge in [-0.15, -0.1) is 10.2 Å². The van der Waals surface area contributed by atoms with Crippen molar-refractivity contribution in [3.8, 4) is 0 Å². The normalized spacial score (nSPS) is 11.7. The molecule has 0 saturated carbocycles. The molecule has 0 spiro atoms. The number of carbonyl (C=O) groups excluding carboxylic acids is 1. The van der Waals surface area contributed by atoms with Crippen LogP contribution in [0.2, 0.25) is 0 Å². The molecule has 1 aromatic heterocycles. The van der Waals surface area contributed by atoms with Crippen LogP contribution in [0.1, 0.15) is 31.4 Å². The number of hydrogen-bond acceptors (Lipinski definition) is 3. The van der Waals surface area contributed by atoms with E-state index in [-0.39, 0.29) is 12.5 Å². The van der Waals surface area contributed by atoms with Crippen LogP contribution < -0.4 is 10.6 Å². The molecule has 0 aliphatic heterocycles. The van der Waals surface area contributed by atoms with Crippen LogP contribution in [-0.4, -0.2) is 33.5 Å². The summed E-state index contributed by atoms with van der Waals surface area (Å²) in [6.07, 6.45) is -4.42. The molecule has 0 bridgehead atoms. The Hall–Kier alpha value is -1.80. The molecule has 6 nitrogen and oxygen atoms in total. The first kappa shape index (κ1) is 15.3. The van der Waals surface area contributed by atoms with E-state index < -0.39 is 18.8 Å². The largest absolute Gasteiger partial charge is 0.405 e. The van der Waals surface area contributed by atoms with E-state index in [1.165, 1.54) is 0 Å². The number of hydrogen-bond donors (Lipinski definition) is 2. The molecule has 2 amide bonds. The van der Waals surface area contributed by atoms with Crippen molar-refractivity contribution < 1.29 is 18.0 Å². The van der Waals surface area contributed by atoms with Gasteiger partial charge in [-0.25, -0.2) is 4.79 Å². The SMILES string of the molecule is CC(C)c1nnc(CNC(=O)NCC(F)(F)F)n1C. The summed E-state index contributed by atoms with van der Waals surface area (Å²) < 4.78 is 37.3. The highest BCUT2D eigenvalue weighted by molar-refractivity contribution is 5.73. The van der Waals surface area contributed by atoms with Crippen LogP contribution in [0.4, 0.5) is 18.0 Å². The first-order valence-corrected chi connectivity index (χ1v) is 5.67. The molecular weight excluding hydrogens is 263 g/mol. The monoisotopic (exact) mass is 279 g/mol. The van der Waals surface area contributed by atoms with Gasteiger partial charge < -0.3 is 15.2 Å². The summed E-state index contributed by atoms with van der Waals surface area (Å²) in [7, 11) is 1.74. The summed E-state index contributed by atoms with van der Waals surface area (Å²) >= 11 is 0. The Kier molecular flexibility index (Phi) is 4.73. The summed E-state index contributed by atoms with van der Waals surface area (Å²) in [5.41, 5.74) is 0. The molecule has 19 heavy (non-hydrogen) atoms. The average Bonchev–Trinajstić information content (AvgIpc) is 2.64. The lowest BCUT2D eigenvalue weighted by Gasteiger charge is -2.10. The summed E-state index contributed by atoms with van der Waals surface area (Å²) in [5.74, 6) is 1.39. The molecule has 0 radical (unpaired) electrons. The van der Waals surface area contributed by atoms with Crippen molar-refractivity contribution in [2.75, 3.05) is 6.54 Å². The highest BCUT2D eigenvalue weighted by atomic mass is 19.4. The fourth-order valence-electron chi connectivity index (χ4n) is 1.43. The average molecular weight is 279 g/mol. The zero-order chi connectivity index (χ0) is 14.6. The Bertz CT molecular complexity index is 441. The Morgan fingerprint density at radius 2 is 1.95 bits per heavy atom. The molecule has 0 saturated heterocycles. The highest BCUT2D eigenvalue weighted by Gasteiger charge is 2.27. The zero-order valence-electron chi connectivity index (χ0n) is 10.9. The van der Waals surface area contributed by atoms with Crippen molar-refractivity contribution in [2.24, 2.45) is 7.05 Å². The Morgan fingerprint density at radius 3 is 2.42 bits per heavy atom. The molecule has 9 heteroatoms. The van der Waals surface area contributed by atoms with Crippen molar-refractivity contribution >= 4 is 6.03 Å². The smallest absolute Gasteiger partial charge is 0.331 e. The molecule has 0 aliphatic rings. The van der Waals surface area contributed by atoms with Crippen LogP contribution in [0.3, 0.4) is 0 Å². The summed E-state index contributed by atoms with van der Waals surface area (Å²) in [6, 6.07) is -0.897. The van der Waals surface area contributed by atoms with E-state index in [9.17, 15) is 18.0 Å². The molecular formula is C10H16F3N5O. The molecule has 0 aliphatic carbocycles. The number of nitrogens with one attached hydrogen (secondary N) is 2. The number of rotatable bonds is 4. The number of halogens is 3. The third-order valence-electron chi connectivity index (χ3n) is 2.37. The fraction of sp³-hybridized carbons (Fsp3) is 0.700. The minimum Gasteiger partial charge on any atom is -0.331 e. The van der Waals surface area contributed by atoms with E-state index in [4.69, 9.17) is 0 Å². The Morgan fingerprint density at radius 1 is 1.32 bits per heavy atom. The lowest BCUT2D eigenvalue weighted by Crippen LogP contribution is -2.40. The Balaban J connectivity index is 2.47. The number of carbonyl (C=O) groups is 1. The van der Waals surface area contributed by atoms with Gasteiger partial charge in [0.1, 0.15) is 12.4 Å². The van der Waals surface area contributed by atoms with Gasteiger partial charge in [-0.05, 0) is 0 Å². The van der Waals surface area contributed by atoms with E-state index in [0.717, 1.165) is 5.82 Å². The van der Waals surface area contributed by atoms with E-state index in [2.05, 4.69) is 15.5 Å². The van der Waals surface area contributed by atoms with Crippen LogP contribution in [0.5, 0.6) is 0 Å². The lowest BCUT2D eigenvalue weighted by atomic mass is 10.2. The van der Waals surface area contributed by atoms with Crippen molar-refractivity contribution in [1.29, 1.82) is 0 Å². The first-order chi connectivity index (χ1) is 8.70. The topological polar surface area (TPSA) is 71.8 Å². The van der Waals surface area contributed by atoms with E-state index in [1.807, 2.05) is 13.8 Å². The minimum atomic E-state index is -4.42. The molecule has 0 atom stereocenters. The van der Waals surface area contributed by atoms with Crippen molar-refractivity contribution in [3.63, 3.8) is 0 Å². The molecule has 1 heterocycles. The second-order valence-corrected chi connectivity index (χ2v) is 4.34. The van der Waals surface area contributed by atoms with Gasteiger partial charge >= 0.3 is 12.2 Å². The van der Waals surface area contributed by atoms with Gasteiger partial charge in [-0.1, -0.05) is 13.8 Å². The Labute approximate surface area is 108 Å². The standard InChI is InChI=1S/C10H16F3N5O/c1-6(2)8-17-16-7(18(8)3)4-14-9(19)15-5-10(11,12)13/h6H,4-5H2,1-3H3,(H2,14,15,19). The van der Waals surface area contributed by atoms with Gasteiger partial charge in [0.05, 0.1) is 6.54 Å². The van der Waals surface area contributed by atoms with Gasteiger partial charge in [-0.3, -0.25) is 0 Å². The lowest BCUT2D eigenvalue weighted by molar-refractivity contribution is -0.122. The van der Waals surface area contributed by atoms with Crippen LogP contribution in [0, 0.1) is 0 Å². The number of aromatic nitrogens is 3. The molecule has 1 aromatic rings. The van der Waals surface area contributed by atoms with Crippen molar-refractivity contribution in [1.82, 2.24) is 25.4 Å². The molecule has 1 rings (SSSR count). The summed E-state index contributed by atoms with van der Waals surface area (Å²) in [6.45, 7) is 2.53. The molecule has 2 N–H and O–H groups in total. The maximum atomic E-state index is 11.9. The van der Waals surface area contributed by atoms with Crippen LogP contribution in [0.15, 0.2) is 0 Å². The minimum absolute atomic E-state index is 0.0138. The van der Waals surface area contributed by atoms with Gasteiger partial charge in [0.25, 0.3) is 0 Å². The third kappa shape index (κ3) is 4.76. The second kappa shape index (κ2) is 5.89. The number of alkyl halides is 3. The number of urea groups is 1. The number of nitrogens with zero attached hydrogens (tertiary/aromatic N) is 3. The van der Waals surface area contributed by atoms with Crippen LogP contribution in [0.25, 0.3) is 0 Å². The first-order valence-electron chi connectivity index (χ1n) is 5.67. The molecule has 0 aromatic carbocycles. The van der Waals surface area contributed by atoms with Crippen LogP contribution in [-0.2, 0) is 13.6 Å². The van der Waals surface area contributed by atoms with Gasteiger partial charge in [0.2, 0.25) is 0 Å². The third-order valence-corrected chi connectivity index (χ3v) is 2.37. The van der Waals surface area contributed by atoms with Gasteiger partial charge in [0, 0.05) is 13.0 Å². The fourth-order valence-corrected chi connectivity index (χ4v) is 1.43. The summed E-state index contributed by atoms with van der Waals surface area (Å²) in [5, 5.41) is 11.8. The predicted molar refractivity (Wildman–Crippen MR) is 61.4 cm³/mol. The maximum Gasteiger partial charge on any atom is 0.405 e. The van der Waals surface area contributed by atoms with E-state index in [0.29, 0.717) is 5.82 Å². The zero-order valence-corrected chi connectivity index (χ0v) is 10.9.